The summed E-state index contributed by atoms with van der Waals surface area (Å²) >= 11 is 0. The number of aliphatic carboxylic acids is 1. The monoisotopic (exact) mass is 249 g/mol. The molecule has 0 spiro atoms. The molecule has 0 amide bonds. The van der Waals surface area contributed by atoms with Crippen LogP contribution in [0.4, 0.5) is 4.39 Å². The summed E-state index contributed by atoms with van der Waals surface area (Å²) in [7, 11) is 0. The third kappa shape index (κ3) is 3.86. The van der Waals surface area contributed by atoms with E-state index in [9.17, 15) is 9.18 Å². The van der Waals surface area contributed by atoms with Gasteiger partial charge in [-0.25, -0.2) is 4.39 Å². The number of benzene rings is 1. The molecule has 0 radical (unpaired) electrons. The molecular weight excluding hydrogens is 233 g/mol. The quantitative estimate of drug-likeness (QED) is 0.786. The van der Waals surface area contributed by atoms with Gasteiger partial charge in [0.1, 0.15) is 5.82 Å². The normalized spacial score (nSPS) is 12.1. The number of hydrogen-bond acceptors (Lipinski definition) is 2. The number of nitrogens with zero attached hydrogens (tertiary/aromatic N) is 1. The molecule has 1 aromatic rings. The lowest BCUT2D eigenvalue weighted by molar-refractivity contribution is -0.138. The van der Waals surface area contributed by atoms with E-state index in [1.165, 1.54) is 12.1 Å². The maximum atomic E-state index is 13.2. The molecule has 0 saturated carbocycles. The Morgan fingerprint density at radius 2 is 2.33 bits per heavy atom. The molecule has 96 valence electrons. The van der Waals surface area contributed by atoms with Crippen LogP contribution in [-0.2, 0) is 4.79 Å². The first-order chi connectivity index (χ1) is 8.58. The standard InChI is InChI=1S/C14H16FNO2/c1-3-8-16(10-14(17)18)13(4-2)11-6-5-7-12(15)9-11/h1,5-7,9,13H,4,8,10H2,2H3,(H,17,18). The van der Waals surface area contributed by atoms with Crippen LogP contribution in [0.1, 0.15) is 24.9 Å². The van der Waals surface area contributed by atoms with Gasteiger partial charge < -0.3 is 5.11 Å². The summed E-state index contributed by atoms with van der Waals surface area (Å²) in [6.45, 7) is 1.99. The predicted molar refractivity (Wildman–Crippen MR) is 67.5 cm³/mol. The predicted octanol–water partition coefficient (Wildman–Crippen LogP) is 2.30. The molecule has 1 N–H and O–H groups in total. The van der Waals surface area contributed by atoms with Crippen LogP contribution >= 0.6 is 0 Å². The second-order valence-corrected chi connectivity index (χ2v) is 3.98. The first kappa shape index (κ1) is 14.2. The lowest BCUT2D eigenvalue weighted by atomic mass is 10.0. The first-order valence-corrected chi connectivity index (χ1v) is 5.73. The SMILES string of the molecule is C#CCN(CC(=O)O)C(CC)c1cccc(F)c1. The van der Waals surface area contributed by atoms with Crippen molar-refractivity contribution < 1.29 is 14.3 Å². The van der Waals surface area contributed by atoms with Crippen molar-refractivity contribution in [3.8, 4) is 12.3 Å². The Hall–Kier alpha value is -1.86. The summed E-state index contributed by atoms with van der Waals surface area (Å²) in [6.07, 6.45) is 5.91. The Morgan fingerprint density at radius 1 is 1.61 bits per heavy atom. The summed E-state index contributed by atoms with van der Waals surface area (Å²) in [5.41, 5.74) is 0.744. The lowest BCUT2D eigenvalue weighted by Gasteiger charge is -2.28. The van der Waals surface area contributed by atoms with Crippen LogP contribution in [0.5, 0.6) is 0 Å². The van der Waals surface area contributed by atoms with Crippen LogP contribution in [0, 0.1) is 18.2 Å². The minimum Gasteiger partial charge on any atom is -0.480 e. The van der Waals surface area contributed by atoms with E-state index in [2.05, 4.69) is 5.92 Å². The highest BCUT2D eigenvalue weighted by molar-refractivity contribution is 5.69. The fourth-order valence-corrected chi connectivity index (χ4v) is 1.99. The van der Waals surface area contributed by atoms with Crippen molar-refractivity contribution in [2.24, 2.45) is 0 Å². The first-order valence-electron chi connectivity index (χ1n) is 5.73. The van der Waals surface area contributed by atoms with E-state index in [1.54, 1.807) is 17.0 Å². The fourth-order valence-electron chi connectivity index (χ4n) is 1.99. The number of carbonyl (C=O) groups is 1. The largest absolute Gasteiger partial charge is 0.480 e. The molecule has 0 aliphatic rings. The van der Waals surface area contributed by atoms with E-state index in [4.69, 9.17) is 11.5 Å². The minimum atomic E-state index is -0.944. The summed E-state index contributed by atoms with van der Waals surface area (Å²) in [4.78, 5) is 12.5. The highest BCUT2D eigenvalue weighted by Gasteiger charge is 2.20. The summed E-state index contributed by atoms with van der Waals surface area (Å²) in [5.74, 6) is 1.17. The van der Waals surface area contributed by atoms with Gasteiger partial charge in [0.05, 0.1) is 13.1 Å². The average Bonchev–Trinajstić information content (AvgIpc) is 2.29. The Kier molecular flexibility index (Phi) is 5.34. The number of carboxylic acids is 1. The highest BCUT2D eigenvalue weighted by atomic mass is 19.1. The molecule has 18 heavy (non-hydrogen) atoms. The van der Waals surface area contributed by atoms with Crippen molar-refractivity contribution in [1.29, 1.82) is 0 Å². The Labute approximate surface area is 106 Å². The molecular formula is C14H16FNO2. The molecule has 0 fully saturated rings. The van der Waals surface area contributed by atoms with Crippen LogP contribution < -0.4 is 0 Å². The third-order valence-electron chi connectivity index (χ3n) is 2.69. The Bertz CT molecular complexity index is 453. The van der Waals surface area contributed by atoms with E-state index in [-0.39, 0.29) is 24.9 Å². The van der Waals surface area contributed by atoms with Gasteiger partial charge in [-0.05, 0) is 24.1 Å². The van der Waals surface area contributed by atoms with Gasteiger partial charge in [-0.3, -0.25) is 9.69 Å². The zero-order valence-corrected chi connectivity index (χ0v) is 10.3. The molecule has 3 nitrogen and oxygen atoms in total. The van der Waals surface area contributed by atoms with Crippen LogP contribution in [0.25, 0.3) is 0 Å². The zero-order valence-electron chi connectivity index (χ0n) is 10.3. The van der Waals surface area contributed by atoms with E-state index in [1.807, 2.05) is 6.92 Å². The van der Waals surface area contributed by atoms with Gasteiger partial charge in [-0.2, -0.15) is 0 Å². The van der Waals surface area contributed by atoms with Gasteiger partial charge in [0.2, 0.25) is 0 Å². The molecule has 1 unspecified atom stereocenters. The van der Waals surface area contributed by atoms with Crippen molar-refractivity contribution in [3.63, 3.8) is 0 Å². The Morgan fingerprint density at radius 3 is 2.83 bits per heavy atom. The van der Waals surface area contributed by atoms with Gasteiger partial charge in [0.25, 0.3) is 0 Å². The molecule has 0 saturated heterocycles. The highest BCUT2D eigenvalue weighted by Crippen LogP contribution is 2.24. The van der Waals surface area contributed by atoms with E-state index in [0.717, 1.165) is 5.56 Å². The van der Waals surface area contributed by atoms with Crippen LogP contribution in [-0.4, -0.2) is 29.1 Å². The number of halogens is 1. The van der Waals surface area contributed by atoms with Crippen molar-refractivity contribution in [3.05, 3.63) is 35.6 Å². The van der Waals surface area contributed by atoms with Crippen molar-refractivity contribution in [2.45, 2.75) is 19.4 Å². The van der Waals surface area contributed by atoms with Gasteiger partial charge in [-0.15, -0.1) is 6.42 Å². The number of rotatable bonds is 6. The molecule has 0 bridgehead atoms. The van der Waals surface area contributed by atoms with Gasteiger partial charge in [0, 0.05) is 6.04 Å². The van der Waals surface area contributed by atoms with Gasteiger partial charge in [0.15, 0.2) is 0 Å². The van der Waals surface area contributed by atoms with Gasteiger partial charge in [-0.1, -0.05) is 25.0 Å². The molecule has 0 aliphatic heterocycles. The molecule has 0 aromatic heterocycles. The van der Waals surface area contributed by atoms with Crippen LogP contribution in [0.3, 0.4) is 0 Å². The third-order valence-corrected chi connectivity index (χ3v) is 2.69. The second kappa shape index (κ2) is 6.77. The number of carboxylic acid groups (broad SMARTS) is 1. The molecule has 4 heteroatoms. The van der Waals surface area contributed by atoms with Crippen LogP contribution in [0.15, 0.2) is 24.3 Å². The summed E-state index contributed by atoms with van der Waals surface area (Å²) in [5, 5.41) is 8.87. The smallest absolute Gasteiger partial charge is 0.317 e. The van der Waals surface area contributed by atoms with E-state index in [0.29, 0.717) is 6.42 Å². The van der Waals surface area contributed by atoms with E-state index < -0.39 is 5.97 Å². The second-order valence-electron chi connectivity index (χ2n) is 3.98. The van der Waals surface area contributed by atoms with Crippen molar-refractivity contribution in [1.82, 2.24) is 4.90 Å². The lowest BCUT2D eigenvalue weighted by Crippen LogP contribution is -2.33. The maximum absolute atomic E-state index is 13.2. The van der Waals surface area contributed by atoms with Crippen molar-refractivity contribution in [2.75, 3.05) is 13.1 Å². The molecule has 1 rings (SSSR count). The zero-order chi connectivity index (χ0) is 13.5. The molecule has 0 aliphatic carbocycles. The summed E-state index contributed by atoms with van der Waals surface area (Å²) in [6, 6.07) is 5.98. The van der Waals surface area contributed by atoms with E-state index >= 15 is 0 Å². The minimum absolute atomic E-state index is 0.154. The molecule has 1 atom stereocenters. The molecule has 1 aromatic carbocycles. The van der Waals surface area contributed by atoms with Crippen LogP contribution in [0.2, 0.25) is 0 Å². The Balaban J connectivity index is 2.98. The fraction of sp³-hybridized carbons (Fsp3) is 0.357. The number of hydrogen-bond donors (Lipinski definition) is 1. The maximum Gasteiger partial charge on any atom is 0.317 e. The van der Waals surface area contributed by atoms with Gasteiger partial charge >= 0.3 is 5.97 Å². The average molecular weight is 249 g/mol. The topological polar surface area (TPSA) is 40.5 Å². The van der Waals surface area contributed by atoms with Crippen molar-refractivity contribution >= 4 is 5.97 Å². The number of terminal acetylenes is 1. The summed E-state index contributed by atoms with van der Waals surface area (Å²) < 4.78 is 13.2. The molecule has 0 heterocycles.